The van der Waals surface area contributed by atoms with E-state index in [1.807, 2.05) is 20.8 Å². The summed E-state index contributed by atoms with van der Waals surface area (Å²) in [6.45, 7) is 5.66. The fourth-order valence-electron chi connectivity index (χ4n) is 0.824. The quantitative estimate of drug-likeness (QED) is 0.585. The average molecular weight is 165 g/mol. The molecule has 0 aliphatic heterocycles. The zero-order valence-corrected chi connectivity index (χ0v) is 7.56. The molecule has 0 radical (unpaired) electrons. The van der Waals surface area contributed by atoms with Crippen molar-refractivity contribution in [2.75, 3.05) is 0 Å². The molecular weight excluding hydrogens is 148 g/mol. The van der Waals surface area contributed by atoms with Gasteiger partial charge in [-0.25, -0.2) is 0 Å². The van der Waals surface area contributed by atoms with Crippen LogP contribution >= 0.6 is 0 Å². The van der Waals surface area contributed by atoms with Crippen LogP contribution in [0, 0.1) is 0 Å². The van der Waals surface area contributed by atoms with E-state index in [2.05, 4.69) is 0 Å². The zero-order valence-electron chi connectivity index (χ0n) is 10.6. The summed E-state index contributed by atoms with van der Waals surface area (Å²) in [4.78, 5) is 10.6. The predicted molar refractivity (Wildman–Crippen MR) is 50.5 cm³/mol. The third kappa shape index (κ3) is 1.94. The number of hydrogen-bond donors (Lipinski definition) is 0. The standard InChI is InChI=1S/C11H14O/c1-11(2,3)10-6-4-9(8-12)5-7-10/h4-8H,1-3H3/i4D,6D,7D. The maximum absolute atomic E-state index is 10.6. The SMILES string of the molecule is [2H]c1cc(C=O)c([2H])c([2H])c1C(C)(C)C. The van der Waals surface area contributed by atoms with Gasteiger partial charge in [-0.05, 0) is 11.0 Å². The molecule has 0 atom stereocenters. The van der Waals surface area contributed by atoms with Crippen LogP contribution in [0.1, 0.15) is 40.8 Å². The van der Waals surface area contributed by atoms with E-state index < -0.39 is 0 Å². The molecule has 1 nitrogen and oxygen atoms in total. The Morgan fingerprint density at radius 3 is 2.50 bits per heavy atom. The Labute approximate surface area is 77.6 Å². The third-order valence-corrected chi connectivity index (χ3v) is 1.58. The second kappa shape index (κ2) is 3.10. The van der Waals surface area contributed by atoms with Crippen LogP contribution in [0.15, 0.2) is 24.2 Å². The van der Waals surface area contributed by atoms with E-state index in [0.717, 1.165) is 0 Å². The van der Waals surface area contributed by atoms with Crippen molar-refractivity contribution < 1.29 is 8.91 Å². The summed E-state index contributed by atoms with van der Waals surface area (Å²) in [6.07, 6.45) is 0.519. The molecule has 12 heavy (non-hydrogen) atoms. The molecule has 0 bridgehead atoms. The molecule has 0 saturated carbocycles. The molecule has 0 fully saturated rings. The monoisotopic (exact) mass is 165 g/mol. The Bertz CT molecular complexity index is 405. The summed E-state index contributed by atoms with van der Waals surface area (Å²) >= 11 is 0. The van der Waals surface area contributed by atoms with Gasteiger partial charge in [0, 0.05) is 5.56 Å². The molecule has 64 valence electrons. The Morgan fingerprint density at radius 2 is 2.00 bits per heavy atom. The number of benzene rings is 1. The van der Waals surface area contributed by atoms with Crippen molar-refractivity contribution in [2.24, 2.45) is 0 Å². The molecule has 1 heteroatoms. The van der Waals surface area contributed by atoms with Gasteiger partial charge in [0.1, 0.15) is 6.29 Å². The van der Waals surface area contributed by atoms with E-state index in [1.54, 1.807) is 0 Å². The normalized spacial score (nSPS) is 14.8. The first-order chi connectivity index (χ1) is 6.79. The lowest BCUT2D eigenvalue weighted by molar-refractivity contribution is 0.112. The fourth-order valence-corrected chi connectivity index (χ4v) is 0.824. The summed E-state index contributed by atoms with van der Waals surface area (Å²) in [7, 11) is 0. The first kappa shape index (κ1) is 5.52. The van der Waals surface area contributed by atoms with Crippen molar-refractivity contribution in [3.05, 3.63) is 35.3 Å². The van der Waals surface area contributed by atoms with E-state index in [9.17, 15) is 4.79 Å². The highest BCUT2D eigenvalue weighted by Gasteiger charge is 2.12. The van der Waals surface area contributed by atoms with E-state index in [0.29, 0.717) is 11.8 Å². The highest BCUT2D eigenvalue weighted by atomic mass is 16.1. The minimum atomic E-state index is -0.356. The maximum atomic E-state index is 10.6. The molecule has 0 aliphatic rings. The second-order valence-electron chi connectivity index (χ2n) is 3.74. The predicted octanol–water partition coefficient (Wildman–Crippen LogP) is 2.80. The zero-order chi connectivity index (χ0) is 11.8. The fraction of sp³-hybridized carbons (Fsp3) is 0.364. The van der Waals surface area contributed by atoms with Crippen molar-refractivity contribution in [3.8, 4) is 0 Å². The van der Waals surface area contributed by atoms with E-state index in [-0.39, 0.29) is 29.1 Å². The number of carbonyl (C=O) groups excluding carboxylic acids is 1. The highest BCUT2D eigenvalue weighted by Crippen LogP contribution is 2.21. The van der Waals surface area contributed by atoms with Crippen LogP contribution in [0.4, 0.5) is 0 Å². The van der Waals surface area contributed by atoms with Gasteiger partial charge in [-0.15, -0.1) is 0 Å². The lowest BCUT2D eigenvalue weighted by Crippen LogP contribution is -2.10. The molecule has 1 rings (SSSR count). The van der Waals surface area contributed by atoms with Gasteiger partial charge >= 0.3 is 0 Å². The first-order valence-electron chi connectivity index (χ1n) is 5.35. The van der Waals surface area contributed by atoms with Crippen LogP contribution in [-0.4, -0.2) is 6.29 Å². The molecule has 0 aromatic heterocycles. The number of rotatable bonds is 1. The molecular formula is C11H14O. The van der Waals surface area contributed by atoms with Gasteiger partial charge in [0.15, 0.2) is 0 Å². The molecule has 0 saturated heterocycles. The molecule has 1 aromatic rings. The number of aldehydes is 1. The van der Waals surface area contributed by atoms with Crippen molar-refractivity contribution >= 4 is 6.29 Å². The van der Waals surface area contributed by atoms with Crippen molar-refractivity contribution in [1.29, 1.82) is 0 Å². The summed E-state index contributed by atoms with van der Waals surface area (Å²) in [5, 5.41) is 0. The van der Waals surface area contributed by atoms with Crippen LogP contribution in [0.5, 0.6) is 0 Å². The van der Waals surface area contributed by atoms with Crippen LogP contribution in [-0.2, 0) is 5.41 Å². The topological polar surface area (TPSA) is 17.1 Å². The van der Waals surface area contributed by atoms with Gasteiger partial charge in [-0.1, -0.05) is 45.0 Å². The Hall–Kier alpha value is -1.11. The minimum absolute atomic E-state index is 0.0166. The lowest BCUT2D eigenvalue weighted by Gasteiger charge is -2.18. The van der Waals surface area contributed by atoms with Crippen molar-refractivity contribution in [2.45, 2.75) is 26.2 Å². The van der Waals surface area contributed by atoms with E-state index in [1.165, 1.54) is 6.07 Å². The lowest BCUT2D eigenvalue weighted by atomic mass is 9.87. The van der Waals surface area contributed by atoms with Gasteiger partial charge < -0.3 is 0 Å². The van der Waals surface area contributed by atoms with Crippen molar-refractivity contribution in [3.63, 3.8) is 0 Å². The van der Waals surface area contributed by atoms with Crippen molar-refractivity contribution in [1.82, 2.24) is 0 Å². The largest absolute Gasteiger partial charge is 0.298 e. The molecule has 0 spiro atoms. The smallest absolute Gasteiger partial charge is 0.150 e. The Morgan fingerprint density at radius 1 is 1.33 bits per heavy atom. The van der Waals surface area contributed by atoms with Crippen LogP contribution < -0.4 is 0 Å². The molecule has 0 unspecified atom stereocenters. The van der Waals surface area contributed by atoms with Gasteiger partial charge in [-0.3, -0.25) is 4.79 Å². The van der Waals surface area contributed by atoms with Crippen LogP contribution in [0.3, 0.4) is 0 Å². The second-order valence-corrected chi connectivity index (χ2v) is 3.74. The van der Waals surface area contributed by atoms with Gasteiger partial charge in [-0.2, -0.15) is 0 Å². The summed E-state index contributed by atoms with van der Waals surface area (Å²) in [6, 6.07) is 1.40. The van der Waals surface area contributed by atoms with E-state index >= 15 is 0 Å². The Kier molecular flexibility index (Phi) is 1.42. The molecule has 0 heterocycles. The van der Waals surface area contributed by atoms with E-state index in [4.69, 9.17) is 4.11 Å². The maximum Gasteiger partial charge on any atom is 0.150 e. The van der Waals surface area contributed by atoms with Gasteiger partial charge in [0.25, 0.3) is 0 Å². The summed E-state index contributed by atoms with van der Waals surface area (Å²) in [5.41, 5.74) is 0.266. The minimum Gasteiger partial charge on any atom is -0.298 e. The molecule has 1 aromatic carbocycles. The molecule has 0 aliphatic carbocycles. The molecule has 0 amide bonds. The Balaban J connectivity index is 3.57. The number of hydrogen-bond acceptors (Lipinski definition) is 1. The van der Waals surface area contributed by atoms with Gasteiger partial charge in [0.05, 0.1) is 4.11 Å². The third-order valence-electron chi connectivity index (χ3n) is 1.58. The number of carbonyl (C=O) groups is 1. The average Bonchev–Trinajstić information content (AvgIpc) is 2.09. The van der Waals surface area contributed by atoms with Gasteiger partial charge in [0.2, 0.25) is 0 Å². The highest BCUT2D eigenvalue weighted by molar-refractivity contribution is 5.74. The van der Waals surface area contributed by atoms with Crippen LogP contribution in [0.25, 0.3) is 0 Å². The van der Waals surface area contributed by atoms with Crippen LogP contribution in [0.2, 0.25) is 0 Å². The molecule has 0 N–H and O–H groups in total. The first-order valence-corrected chi connectivity index (χ1v) is 3.85. The summed E-state index contributed by atoms with van der Waals surface area (Å²) < 4.78 is 23.1. The summed E-state index contributed by atoms with van der Waals surface area (Å²) in [5.74, 6) is 0.